The van der Waals surface area contributed by atoms with Crippen LogP contribution in [0.3, 0.4) is 0 Å². The number of amides is 4. The molecule has 2 atom stereocenters. The Morgan fingerprint density at radius 1 is 0.575 bits per heavy atom. The maximum absolute atomic E-state index is 12.6. The average Bonchev–Trinajstić information content (AvgIpc) is 2.91. The van der Waals surface area contributed by atoms with Crippen molar-refractivity contribution in [3.63, 3.8) is 0 Å². The lowest BCUT2D eigenvalue weighted by atomic mass is 9.90. The zero-order valence-corrected chi connectivity index (χ0v) is 27.7. The molecule has 0 unspecified atom stereocenters. The van der Waals surface area contributed by atoms with Gasteiger partial charge in [-0.3, -0.25) is 0 Å². The van der Waals surface area contributed by atoms with Gasteiger partial charge in [0.2, 0.25) is 0 Å². The highest BCUT2D eigenvalue weighted by molar-refractivity contribution is 6.61. The molecule has 0 spiro atoms. The number of rotatable bonds is 22. The van der Waals surface area contributed by atoms with Crippen molar-refractivity contribution in [3.05, 3.63) is 0 Å². The monoisotopic (exact) mass is 608 g/mol. The van der Waals surface area contributed by atoms with E-state index >= 15 is 0 Å². The second-order valence-electron chi connectivity index (χ2n) is 9.47. The van der Waals surface area contributed by atoms with Crippen molar-refractivity contribution in [1.82, 2.24) is 21.3 Å². The van der Waals surface area contributed by atoms with Gasteiger partial charge < -0.3 is 47.8 Å². The zero-order valence-electron chi connectivity index (χ0n) is 25.7. The van der Waals surface area contributed by atoms with E-state index in [1.54, 1.807) is 0 Å². The van der Waals surface area contributed by atoms with Crippen LogP contribution in [0.5, 0.6) is 0 Å². The predicted octanol–water partition coefficient (Wildman–Crippen LogP) is 3.77. The van der Waals surface area contributed by atoms with E-state index in [-0.39, 0.29) is 24.1 Å². The molecule has 1 fully saturated rings. The summed E-state index contributed by atoms with van der Waals surface area (Å²) in [6.07, 6.45) is 5.03. The van der Waals surface area contributed by atoms with E-state index in [2.05, 4.69) is 21.3 Å². The fourth-order valence-electron chi connectivity index (χ4n) is 4.93. The Labute approximate surface area is 244 Å². The minimum Gasteiger partial charge on any atom is -0.374 e. The number of carbonyl (C=O) groups is 2. The SMILES string of the molecule is CCO[Si](CCCNC(=O)N[C@H]1CCCC[C@@H]1NC(=O)NCCC[Si](OCC)(OCC)OCC)(OCC)OCC. The number of carbonyl (C=O) groups excluding carboxylic acids is 2. The van der Waals surface area contributed by atoms with Crippen molar-refractivity contribution in [2.45, 2.75) is 104 Å². The Morgan fingerprint density at radius 3 is 1.15 bits per heavy atom. The fourth-order valence-corrected chi connectivity index (χ4v) is 10.2. The van der Waals surface area contributed by atoms with E-state index in [1.165, 1.54) is 0 Å². The summed E-state index contributed by atoms with van der Waals surface area (Å²) in [5.41, 5.74) is 0. The molecule has 0 heterocycles. The molecule has 1 saturated carbocycles. The highest BCUT2D eigenvalue weighted by Gasteiger charge is 2.40. The maximum atomic E-state index is 12.6. The van der Waals surface area contributed by atoms with Gasteiger partial charge in [0.1, 0.15) is 0 Å². The van der Waals surface area contributed by atoms with Crippen LogP contribution in [0.15, 0.2) is 0 Å². The Morgan fingerprint density at radius 2 is 0.875 bits per heavy atom. The van der Waals surface area contributed by atoms with Crippen molar-refractivity contribution in [3.8, 4) is 0 Å². The first-order chi connectivity index (χ1) is 19.3. The molecule has 0 saturated heterocycles. The van der Waals surface area contributed by atoms with E-state index in [0.717, 1.165) is 25.7 Å². The molecule has 40 heavy (non-hydrogen) atoms. The topological polar surface area (TPSA) is 138 Å². The second-order valence-corrected chi connectivity index (χ2v) is 14.9. The maximum Gasteiger partial charge on any atom is 0.500 e. The van der Waals surface area contributed by atoms with E-state index in [4.69, 9.17) is 26.6 Å². The third-order valence-electron chi connectivity index (χ3n) is 6.48. The van der Waals surface area contributed by atoms with Crippen molar-refractivity contribution in [1.29, 1.82) is 0 Å². The molecule has 4 amide bonds. The first-order valence-electron chi connectivity index (χ1n) is 15.2. The highest BCUT2D eigenvalue weighted by atomic mass is 28.4. The molecule has 0 radical (unpaired) electrons. The molecule has 1 rings (SSSR count). The molecule has 1 aliphatic rings. The fraction of sp³-hybridized carbons (Fsp3) is 0.923. The van der Waals surface area contributed by atoms with Crippen molar-refractivity contribution in [2.24, 2.45) is 0 Å². The molecule has 0 bridgehead atoms. The number of hydrogen-bond donors (Lipinski definition) is 4. The van der Waals surface area contributed by atoms with Gasteiger partial charge >= 0.3 is 29.7 Å². The van der Waals surface area contributed by atoms with Gasteiger partial charge in [-0.15, -0.1) is 0 Å². The van der Waals surface area contributed by atoms with Crippen LogP contribution in [0, 0.1) is 0 Å². The molecular formula is C26H56N4O8Si2. The first-order valence-corrected chi connectivity index (χ1v) is 19.1. The lowest BCUT2D eigenvalue weighted by Gasteiger charge is -2.33. The molecule has 236 valence electrons. The van der Waals surface area contributed by atoms with Crippen LogP contribution in [0.4, 0.5) is 9.59 Å². The number of hydrogen-bond acceptors (Lipinski definition) is 8. The minimum absolute atomic E-state index is 0.128. The first kappa shape index (κ1) is 36.8. The molecule has 0 aromatic heterocycles. The third kappa shape index (κ3) is 14.1. The number of nitrogens with one attached hydrogen (secondary N) is 4. The van der Waals surface area contributed by atoms with Crippen LogP contribution in [-0.2, 0) is 26.6 Å². The third-order valence-corrected chi connectivity index (χ3v) is 12.8. The summed E-state index contributed by atoms with van der Waals surface area (Å²) in [7, 11) is -5.44. The molecule has 0 aromatic carbocycles. The molecule has 12 nitrogen and oxygen atoms in total. The molecule has 14 heteroatoms. The zero-order chi connectivity index (χ0) is 29.7. The van der Waals surface area contributed by atoms with Crippen molar-refractivity contribution < 1.29 is 36.1 Å². The van der Waals surface area contributed by atoms with E-state index < -0.39 is 17.6 Å². The van der Waals surface area contributed by atoms with E-state index in [9.17, 15) is 9.59 Å². The van der Waals surface area contributed by atoms with Gasteiger partial charge in [0.25, 0.3) is 0 Å². The molecule has 1 aliphatic carbocycles. The van der Waals surface area contributed by atoms with Gasteiger partial charge in [0.05, 0.1) is 12.1 Å². The Kier molecular flexibility index (Phi) is 19.7. The second kappa shape index (κ2) is 21.4. The van der Waals surface area contributed by atoms with Crippen molar-refractivity contribution in [2.75, 3.05) is 52.7 Å². The minimum atomic E-state index is -2.72. The van der Waals surface area contributed by atoms with Gasteiger partial charge in [0, 0.05) is 64.8 Å². The van der Waals surface area contributed by atoms with Crippen LogP contribution < -0.4 is 21.3 Å². The van der Waals surface area contributed by atoms with Crippen LogP contribution in [-0.4, -0.2) is 94.5 Å². The molecule has 0 aromatic rings. The molecule has 4 N–H and O–H groups in total. The predicted molar refractivity (Wildman–Crippen MR) is 159 cm³/mol. The molecule has 0 aliphatic heterocycles. The smallest absolute Gasteiger partial charge is 0.374 e. The quantitative estimate of drug-likeness (QED) is 0.108. The van der Waals surface area contributed by atoms with Crippen molar-refractivity contribution >= 4 is 29.7 Å². The van der Waals surface area contributed by atoms with Crippen LogP contribution in [0.25, 0.3) is 0 Å². The highest BCUT2D eigenvalue weighted by Crippen LogP contribution is 2.20. The normalized spacial score (nSPS) is 17.9. The van der Waals surface area contributed by atoms with E-state index in [0.29, 0.717) is 77.7 Å². The standard InChI is InChI=1S/C26H56N4O8Si2/c1-7-33-39(34-8-2,35-9-3)21-15-19-27-25(31)29-23-17-13-14-18-24(23)30-26(32)28-20-16-22-40(36-10-4,37-11-5)38-12-6/h23-24H,7-22H2,1-6H3,(H2,27,29,31)(H2,28,30,32)/t23-,24-/m0/s1. The molecular weight excluding hydrogens is 552 g/mol. The summed E-state index contributed by atoms with van der Waals surface area (Å²) in [6, 6.07) is 0.549. The van der Waals surface area contributed by atoms with E-state index in [1.807, 2.05) is 41.5 Å². The van der Waals surface area contributed by atoms with Gasteiger partial charge in [-0.25, -0.2) is 9.59 Å². The summed E-state index contributed by atoms with van der Waals surface area (Å²) in [6.45, 7) is 15.7. The van der Waals surface area contributed by atoms with Crippen LogP contribution in [0.1, 0.15) is 80.1 Å². The summed E-state index contributed by atoms with van der Waals surface area (Å²) in [4.78, 5) is 25.3. The summed E-state index contributed by atoms with van der Waals surface area (Å²) in [5, 5.41) is 12.0. The van der Waals surface area contributed by atoms with Gasteiger partial charge in [0.15, 0.2) is 0 Å². The Balaban J connectivity index is 2.48. The lowest BCUT2D eigenvalue weighted by Crippen LogP contribution is -2.56. The van der Waals surface area contributed by atoms with Crippen LogP contribution >= 0.6 is 0 Å². The van der Waals surface area contributed by atoms with Crippen LogP contribution in [0.2, 0.25) is 12.1 Å². The van der Waals surface area contributed by atoms with Gasteiger partial charge in [-0.05, 0) is 67.2 Å². The summed E-state index contributed by atoms with van der Waals surface area (Å²) < 4.78 is 35.3. The lowest BCUT2D eigenvalue weighted by molar-refractivity contribution is 0.0700. The summed E-state index contributed by atoms with van der Waals surface area (Å²) in [5.74, 6) is 0. The Bertz CT molecular complexity index is 605. The summed E-state index contributed by atoms with van der Waals surface area (Å²) >= 11 is 0. The van der Waals surface area contributed by atoms with Gasteiger partial charge in [-0.1, -0.05) is 12.8 Å². The average molecular weight is 609 g/mol. The largest absolute Gasteiger partial charge is 0.500 e. The Hall–Kier alpha value is -1.27. The number of urea groups is 2. The van der Waals surface area contributed by atoms with Gasteiger partial charge in [-0.2, -0.15) is 0 Å².